The molecule has 2 aromatic heterocycles. The minimum Gasteiger partial charge on any atom is -0.481 e. The third-order valence-corrected chi connectivity index (χ3v) is 2.55. The number of nitrogens with one attached hydrogen (secondary N) is 1. The lowest BCUT2D eigenvalue weighted by Gasteiger charge is -2.11. The number of rotatable bonds is 5. The second-order valence-electron chi connectivity index (χ2n) is 3.79. The molecule has 2 aromatic rings. The molecule has 0 bridgehead atoms. The number of pyridine rings is 1. The zero-order valence-electron chi connectivity index (χ0n) is 10.0. The Labute approximate surface area is 101 Å². The molecule has 0 amide bonds. The summed E-state index contributed by atoms with van der Waals surface area (Å²) in [5.41, 5.74) is 0.947. The first-order valence-electron chi connectivity index (χ1n) is 5.56. The van der Waals surface area contributed by atoms with Gasteiger partial charge in [0.05, 0.1) is 25.1 Å². The van der Waals surface area contributed by atoms with E-state index in [9.17, 15) is 0 Å². The van der Waals surface area contributed by atoms with Crippen molar-refractivity contribution < 1.29 is 9.15 Å². The van der Waals surface area contributed by atoms with Gasteiger partial charge in [-0.3, -0.25) is 0 Å². The second kappa shape index (κ2) is 5.50. The van der Waals surface area contributed by atoms with Crippen LogP contribution < -0.4 is 10.1 Å². The maximum absolute atomic E-state index is 5.32. The predicted molar refractivity (Wildman–Crippen MR) is 64.8 cm³/mol. The third-order valence-electron chi connectivity index (χ3n) is 2.55. The summed E-state index contributed by atoms with van der Waals surface area (Å²) in [5, 5.41) is 3.34. The number of furan rings is 1. The molecule has 4 heteroatoms. The van der Waals surface area contributed by atoms with E-state index < -0.39 is 0 Å². The van der Waals surface area contributed by atoms with E-state index in [-0.39, 0.29) is 6.04 Å². The van der Waals surface area contributed by atoms with Crippen molar-refractivity contribution in [3.63, 3.8) is 0 Å². The molecular weight excluding hydrogens is 216 g/mol. The molecular formula is C13H16N2O2. The largest absolute Gasteiger partial charge is 0.481 e. The summed E-state index contributed by atoms with van der Waals surface area (Å²) in [6.07, 6.45) is 1.68. The van der Waals surface area contributed by atoms with Crippen molar-refractivity contribution >= 4 is 0 Å². The molecule has 0 fully saturated rings. The minimum absolute atomic E-state index is 0.165. The van der Waals surface area contributed by atoms with Crippen LogP contribution in [0, 0.1) is 0 Å². The molecule has 0 saturated carbocycles. The lowest BCUT2D eigenvalue weighted by atomic mass is 10.2. The van der Waals surface area contributed by atoms with Crippen molar-refractivity contribution in [2.24, 2.45) is 0 Å². The Morgan fingerprint density at radius 1 is 1.35 bits per heavy atom. The van der Waals surface area contributed by atoms with Crippen LogP contribution in [-0.2, 0) is 6.54 Å². The van der Waals surface area contributed by atoms with Crippen LogP contribution >= 0.6 is 0 Å². The van der Waals surface area contributed by atoms with Crippen LogP contribution in [0.4, 0.5) is 0 Å². The van der Waals surface area contributed by atoms with Crippen LogP contribution in [0.5, 0.6) is 5.88 Å². The Hall–Kier alpha value is -1.81. The van der Waals surface area contributed by atoms with Crippen LogP contribution in [0.3, 0.4) is 0 Å². The molecule has 2 rings (SSSR count). The molecule has 1 unspecified atom stereocenters. The van der Waals surface area contributed by atoms with Crippen molar-refractivity contribution in [3.8, 4) is 5.88 Å². The molecule has 0 aliphatic rings. The van der Waals surface area contributed by atoms with Crippen molar-refractivity contribution in [1.29, 1.82) is 0 Å². The van der Waals surface area contributed by atoms with Gasteiger partial charge < -0.3 is 14.5 Å². The number of hydrogen-bond acceptors (Lipinski definition) is 4. The van der Waals surface area contributed by atoms with Crippen LogP contribution in [-0.4, -0.2) is 12.1 Å². The summed E-state index contributed by atoms with van der Waals surface area (Å²) in [6, 6.07) is 9.73. The molecule has 0 spiro atoms. The number of methoxy groups -OCH3 is 1. The summed E-state index contributed by atoms with van der Waals surface area (Å²) >= 11 is 0. The Morgan fingerprint density at radius 3 is 2.94 bits per heavy atom. The molecule has 2 heterocycles. The van der Waals surface area contributed by atoms with Gasteiger partial charge in [-0.15, -0.1) is 0 Å². The molecule has 4 nitrogen and oxygen atoms in total. The van der Waals surface area contributed by atoms with E-state index in [0.29, 0.717) is 12.4 Å². The zero-order chi connectivity index (χ0) is 12.1. The first-order valence-corrected chi connectivity index (χ1v) is 5.56. The topological polar surface area (TPSA) is 47.3 Å². The Balaban J connectivity index is 1.93. The molecule has 0 aromatic carbocycles. The van der Waals surface area contributed by atoms with Crippen LogP contribution in [0.25, 0.3) is 0 Å². The molecule has 0 aliphatic carbocycles. The van der Waals surface area contributed by atoms with Crippen LogP contribution in [0.2, 0.25) is 0 Å². The van der Waals surface area contributed by atoms with E-state index in [1.165, 1.54) is 0 Å². The second-order valence-corrected chi connectivity index (χ2v) is 3.79. The lowest BCUT2D eigenvalue weighted by Crippen LogP contribution is -2.18. The van der Waals surface area contributed by atoms with E-state index in [1.54, 1.807) is 13.4 Å². The van der Waals surface area contributed by atoms with Crippen molar-refractivity contribution in [2.75, 3.05) is 7.11 Å². The Kier molecular flexibility index (Phi) is 3.77. The summed E-state index contributed by atoms with van der Waals surface area (Å²) in [7, 11) is 1.62. The van der Waals surface area contributed by atoms with Gasteiger partial charge in [0.25, 0.3) is 0 Å². The van der Waals surface area contributed by atoms with Crippen LogP contribution in [0.1, 0.15) is 24.4 Å². The van der Waals surface area contributed by atoms with Crippen molar-refractivity contribution in [2.45, 2.75) is 19.5 Å². The van der Waals surface area contributed by atoms with Gasteiger partial charge in [0.2, 0.25) is 5.88 Å². The first kappa shape index (κ1) is 11.7. The minimum atomic E-state index is 0.165. The van der Waals surface area contributed by atoms with Gasteiger partial charge in [0.15, 0.2) is 0 Å². The third kappa shape index (κ3) is 3.07. The smallest absolute Gasteiger partial charge is 0.213 e. The molecule has 0 aliphatic heterocycles. The summed E-state index contributed by atoms with van der Waals surface area (Å²) in [4.78, 5) is 4.33. The summed E-state index contributed by atoms with van der Waals surface area (Å²) < 4.78 is 10.4. The van der Waals surface area contributed by atoms with Crippen LogP contribution in [0.15, 0.2) is 41.0 Å². The normalized spacial score (nSPS) is 12.4. The number of hydrogen-bond donors (Lipinski definition) is 1. The fourth-order valence-corrected chi connectivity index (χ4v) is 1.57. The zero-order valence-corrected chi connectivity index (χ0v) is 10.0. The molecule has 1 N–H and O–H groups in total. The van der Waals surface area contributed by atoms with Gasteiger partial charge in [-0.05, 0) is 25.1 Å². The highest BCUT2D eigenvalue weighted by molar-refractivity contribution is 5.15. The highest BCUT2D eigenvalue weighted by Gasteiger charge is 2.07. The standard InChI is InChI=1S/C13H16N2O2/c1-10(12-6-4-8-17-12)14-9-11-5-3-7-13(15-11)16-2/h3-8,10,14H,9H2,1-2H3. The van der Waals surface area contributed by atoms with Crippen molar-refractivity contribution in [3.05, 3.63) is 48.0 Å². The fourth-order valence-electron chi connectivity index (χ4n) is 1.57. The van der Waals surface area contributed by atoms with Gasteiger partial charge in [-0.2, -0.15) is 0 Å². The molecule has 90 valence electrons. The Morgan fingerprint density at radius 2 is 2.24 bits per heavy atom. The molecule has 17 heavy (non-hydrogen) atoms. The quantitative estimate of drug-likeness (QED) is 0.860. The summed E-state index contributed by atoms with van der Waals surface area (Å²) in [5.74, 6) is 1.56. The highest BCUT2D eigenvalue weighted by atomic mass is 16.5. The van der Waals surface area contributed by atoms with Gasteiger partial charge in [0.1, 0.15) is 5.76 Å². The first-order chi connectivity index (χ1) is 8.29. The van der Waals surface area contributed by atoms with Gasteiger partial charge in [-0.25, -0.2) is 4.98 Å². The summed E-state index contributed by atoms with van der Waals surface area (Å²) in [6.45, 7) is 2.73. The van der Waals surface area contributed by atoms with Gasteiger partial charge >= 0.3 is 0 Å². The molecule has 0 radical (unpaired) electrons. The van der Waals surface area contributed by atoms with E-state index in [1.807, 2.05) is 30.3 Å². The average Bonchev–Trinajstić information content (AvgIpc) is 2.90. The maximum Gasteiger partial charge on any atom is 0.213 e. The van der Waals surface area contributed by atoms with Crippen molar-refractivity contribution in [1.82, 2.24) is 10.3 Å². The average molecular weight is 232 g/mol. The number of ether oxygens (including phenoxy) is 1. The molecule has 0 saturated heterocycles. The monoisotopic (exact) mass is 232 g/mol. The number of nitrogens with zero attached hydrogens (tertiary/aromatic N) is 1. The van der Waals surface area contributed by atoms with E-state index in [2.05, 4.69) is 17.2 Å². The fraction of sp³-hybridized carbons (Fsp3) is 0.308. The van der Waals surface area contributed by atoms with Gasteiger partial charge in [0, 0.05) is 12.6 Å². The van der Waals surface area contributed by atoms with E-state index >= 15 is 0 Å². The highest BCUT2D eigenvalue weighted by Crippen LogP contribution is 2.13. The molecule has 1 atom stereocenters. The Bertz CT molecular complexity index is 454. The number of aromatic nitrogens is 1. The van der Waals surface area contributed by atoms with E-state index in [0.717, 1.165) is 11.5 Å². The SMILES string of the molecule is COc1cccc(CNC(C)c2ccco2)n1. The predicted octanol–water partition coefficient (Wildman–Crippen LogP) is 2.53. The maximum atomic E-state index is 5.32. The van der Waals surface area contributed by atoms with E-state index in [4.69, 9.17) is 9.15 Å². The van der Waals surface area contributed by atoms with Gasteiger partial charge in [-0.1, -0.05) is 6.07 Å². The lowest BCUT2D eigenvalue weighted by molar-refractivity contribution is 0.393.